The third-order valence-corrected chi connectivity index (χ3v) is 3.20. The van der Waals surface area contributed by atoms with E-state index in [0.29, 0.717) is 17.9 Å². The number of carbonyl (C=O) groups is 1. The lowest BCUT2D eigenvalue weighted by molar-refractivity contribution is -0.123. The zero-order chi connectivity index (χ0) is 14.4. The minimum atomic E-state index is -0.167. The van der Waals surface area contributed by atoms with Gasteiger partial charge in [0, 0.05) is 6.54 Å². The van der Waals surface area contributed by atoms with E-state index >= 15 is 0 Å². The van der Waals surface area contributed by atoms with E-state index in [-0.39, 0.29) is 18.3 Å². The van der Waals surface area contributed by atoms with Crippen LogP contribution in [0.4, 0.5) is 0 Å². The fourth-order valence-corrected chi connectivity index (χ4v) is 1.87. The van der Waals surface area contributed by atoms with Crippen molar-refractivity contribution in [1.82, 2.24) is 5.32 Å². The van der Waals surface area contributed by atoms with Gasteiger partial charge in [-0.25, -0.2) is 0 Å². The normalized spacial score (nSPS) is 14.9. The molecule has 1 amide bonds. The highest BCUT2D eigenvalue weighted by atomic mass is 16.5. The zero-order valence-electron chi connectivity index (χ0n) is 11.2. The van der Waals surface area contributed by atoms with E-state index in [1.807, 2.05) is 0 Å². The third-order valence-electron chi connectivity index (χ3n) is 3.20. The molecule has 0 saturated heterocycles. The van der Waals surface area contributed by atoms with Gasteiger partial charge in [-0.1, -0.05) is 30.1 Å². The molecule has 0 aromatic heterocycles. The van der Waals surface area contributed by atoms with Gasteiger partial charge in [0.05, 0.1) is 5.56 Å². The number of nitrogens with zero attached hydrogens (tertiary/aromatic N) is 1. The number of hydrogen-bond donors (Lipinski definition) is 3. The summed E-state index contributed by atoms with van der Waals surface area (Å²) in [5.74, 6) is 0.993. The van der Waals surface area contributed by atoms with Crippen molar-refractivity contribution < 1.29 is 14.7 Å². The quantitative estimate of drug-likeness (QED) is 0.300. The second-order valence-corrected chi connectivity index (χ2v) is 4.85. The molecule has 1 saturated carbocycles. The van der Waals surface area contributed by atoms with Crippen LogP contribution in [0.1, 0.15) is 24.8 Å². The number of para-hydroxylation sites is 1. The van der Waals surface area contributed by atoms with Crippen LogP contribution in [0.15, 0.2) is 29.4 Å². The van der Waals surface area contributed by atoms with Crippen LogP contribution >= 0.6 is 0 Å². The first-order valence-electron chi connectivity index (χ1n) is 6.67. The van der Waals surface area contributed by atoms with E-state index in [2.05, 4.69) is 10.5 Å². The summed E-state index contributed by atoms with van der Waals surface area (Å²) in [5.41, 5.74) is 6.00. The molecule has 1 aromatic carbocycles. The van der Waals surface area contributed by atoms with Gasteiger partial charge in [-0.05, 0) is 24.5 Å². The van der Waals surface area contributed by atoms with Gasteiger partial charge in [0.25, 0.3) is 5.91 Å². The summed E-state index contributed by atoms with van der Waals surface area (Å²) >= 11 is 0. The molecule has 6 nitrogen and oxygen atoms in total. The van der Waals surface area contributed by atoms with Crippen molar-refractivity contribution in [2.75, 3.05) is 13.2 Å². The van der Waals surface area contributed by atoms with Crippen LogP contribution in [0.2, 0.25) is 0 Å². The maximum absolute atomic E-state index is 11.6. The van der Waals surface area contributed by atoms with Gasteiger partial charge in [-0.2, -0.15) is 0 Å². The molecular formula is C14H19N3O3. The molecule has 0 radical (unpaired) electrons. The van der Waals surface area contributed by atoms with Crippen molar-refractivity contribution in [2.24, 2.45) is 16.8 Å². The molecule has 20 heavy (non-hydrogen) atoms. The summed E-state index contributed by atoms with van der Waals surface area (Å²) in [4.78, 5) is 11.6. The molecule has 0 aliphatic heterocycles. The summed E-state index contributed by atoms with van der Waals surface area (Å²) in [5, 5.41) is 14.4. The summed E-state index contributed by atoms with van der Waals surface area (Å²) in [6.45, 7) is 0.606. The molecule has 108 valence electrons. The van der Waals surface area contributed by atoms with Gasteiger partial charge in [-0.3, -0.25) is 4.79 Å². The summed E-state index contributed by atoms with van der Waals surface area (Å²) in [7, 11) is 0. The Labute approximate surface area is 117 Å². The maximum Gasteiger partial charge on any atom is 0.257 e. The molecule has 0 unspecified atom stereocenters. The summed E-state index contributed by atoms with van der Waals surface area (Å²) in [6.07, 6.45) is 3.59. The number of carbonyl (C=O) groups excluding carboxylic acids is 1. The second kappa shape index (κ2) is 6.79. The fourth-order valence-electron chi connectivity index (χ4n) is 1.87. The average Bonchev–Trinajstić information content (AvgIpc) is 3.29. The number of oxime groups is 1. The molecule has 6 heteroatoms. The minimum Gasteiger partial charge on any atom is -0.483 e. The van der Waals surface area contributed by atoms with Crippen molar-refractivity contribution in [3.05, 3.63) is 29.8 Å². The SMILES string of the molecule is NC(=NO)c1ccccc1OCC(=O)NCCC1CC1. The van der Waals surface area contributed by atoms with Crippen molar-refractivity contribution in [1.29, 1.82) is 0 Å². The Balaban J connectivity index is 1.81. The molecular weight excluding hydrogens is 258 g/mol. The number of nitrogens with one attached hydrogen (secondary N) is 1. The Hall–Kier alpha value is -2.24. The molecule has 0 spiro atoms. The fraction of sp³-hybridized carbons (Fsp3) is 0.429. The standard InChI is InChI=1S/C14H19N3O3/c15-14(17-19)11-3-1-2-4-12(11)20-9-13(18)16-8-7-10-5-6-10/h1-4,10,19H,5-9H2,(H2,15,17)(H,16,18). The van der Waals surface area contributed by atoms with Crippen molar-refractivity contribution in [3.8, 4) is 5.75 Å². The van der Waals surface area contributed by atoms with E-state index in [4.69, 9.17) is 15.7 Å². The highest BCUT2D eigenvalue weighted by Gasteiger charge is 2.20. The van der Waals surface area contributed by atoms with Crippen LogP contribution in [0, 0.1) is 5.92 Å². The molecule has 0 bridgehead atoms. The number of hydrogen-bond acceptors (Lipinski definition) is 4. The minimum absolute atomic E-state index is 0.0465. The lowest BCUT2D eigenvalue weighted by atomic mass is 10.2. The Morgan fingerprint density at radius 3 is 2.90 bits per heavy atom. The van der Waals surface area contributed by atoms with Gasteiger partial charge < -0.3 is 21.0 Å². The molecule has 0 heterocycles. The number of rotatable bonds is 7. The van der Waals surface area contributed by atoms with Crippen LogP contribution in [-0.2, 0) is 4.79 Å². The number of amidine groups is 1. The van der Waals surface area contributed by atoms with Gasteiger partial charge >= 0.3 is 0 Å². The maximum atomic E-state index is 11.6. The number of ether oxygens (including phenoxy) is 1. The van der Waals surface area contributed by atoms with Gasteiger partial charge in [0.2, 0.25) is 0 Å². The van der Waals surface area contributed by atoms with Crippen LogP contribution in [0.25, 0.3) is 0 Å². The van der Waals surface area contributed by atoms with Gasteiger partial charge in [-0.15, -0.1) is 0 Å². The first kappa shape index (κ1) is 14.2. The Morgan fingerprint density at radius 2 is 2.20 bits per heavy atom. The number of nitrogens with two attached hydrogens (primary N) is 1. The van der Waals surface area contributed by atoms with E-state index in [1.165, 1.54) is 12.8 Å². The zero-order valence-corrected chi connectivity index (χ0v) is 11.2. The number of benzene rings is 1. The smallest absolute Gasteiger partial charge is 0.257 e. The van der Waals surface area contributed by atoms with E-state index in [9.17, 15) is 4.79 Å². The van der Waals surface area contributed by atoms with Gasteiger partial charge in [0.15, 0.2) is 12.4 Å². The molecule has 1 fully saturated rings. The Morgan fingerprint density at radius 1 is 1.45 bits per heavy atom. The molecule has 4 N–H and O–H groups in total. The lowest BCUT2D eigenvalue weighted by Gasteiger charge is -2.10. The Bertz CT molecular complexity index is 498. The van der Waals surface area contributed by atoms with Gasteiger partial charge in [0.1, 0.15) is 5.75 Å². The second-order valence-electron chi connectivity index (χ2n) is 4.85. The highest BCUT2D eigenvalue weighted by Crippen LogP contribution is 2.31. The molecule has 1 aromatic rings. The van der Waals surface area contributed by atoms with Crippen LogP contribution < -0.4 is 15.8 Å². The molecule has 0 atom stereocenters. The predicted molar refractivity (Wildman–Crippen MR) is 74.8 cm³/mol. The average molecular weight is 277 g/mol. The van der Waals surface area contributed by atoms with E-state index in [1.54, 1.807) is 24.3 Å². The summed E-state index contributed by atoms with van der Waals surface area (Å²) in [6, 6.07) is 6.84. The van der Waals surface area contributed by atoms with E-state index < -0.39 is 0 Å². The molecule has 1 aliphatic rings. The topological polar surface area (TPSA) is 96.9 Å². The van der Waals surface area contributed by atoms with Crippen LogP contribution in [-0.4, -0.2) is 30.1 Å². The molecule has 2 rings (SSSR count). The monoisotopic (exact) mass is 277 g/mol. The van der Waals surface area contributed by atoms with Crippen molar-refractivity contribution in [3.63, 3.8) is 0 Å². The highest BCUT2D eigenvalue weighted by molar-refractivity contribution is 5.99. The molecule has 1 aliphatic carbocycles. The predicted octanol–water partition coefficient (Wildman–Crippen LogP) is 1.08. The summed E-state index contributed by atoms with van der Waals surface area (Å²) < 4.78 is 5.41. The van der Waals surface area contributed by atoms with Crippen LogP contribution in [0.3, 0.4) is 0 Å². The largest absolute Gasteiger partial charge is 0.483 e. The van der Waals surface area contributed by atoms with Crippen molar-refractivity contribution >= 4 is 11.7 Å². The Kier molecular flexibility index (Phi) is 4.81. The first-order chi connectivity index (χ1) is 9.70. The number of amides is 1. The van der Waals surface area contributed by atoms with E-state index in [0.717, 1.165) is 12.3 Å². The first-order valence-corrected chi connectivity index (χ1v) is 6.67. The van der Waals surface area contributed by atoms with Crippen molar-refractivity contribution in [2.45, 2.75) is 19.3 Å². The van der Waals surface area contributed by atoms with Crippen LogP contribution in [0.5, 0.6) is 5.75 Å². The lowest BCUT2D eigenvalue weighted by Crippen LogP contribution is -2.30. The third kappa shape index (κ3) is 4.15.